The monoisotopic (exact) mass is 504 g/mol. The van der Waals surface area contributed by atoms with Crippen molar-refractivity contribution in [1.82, 2.24) is 20.5 Å². The lowest BCUT2D eigenvalue weighted by atomic mass is 9.72. The number of fused-ring (bicyclic) bond motifs is 1. The van der Waals surface area contributed by atoms with E-state index < -0.39 is 22.4 Å². The van der Waals surface area contributed by atoms with Crippen molar-refractivity contribution in [3.63, 3.8) is 0 Å². The molecule has 11 heteroatoms. The molecule has 0 saturated carbocycles. The summed E-state index contributed by atoms with van der Waals surface area (Å²) in [7, 11) is 0. The van der Waals surface area contributed by atoms with E-state index >= 15 is 0 Å². The van der Waals surface area contributed by atoms with Crippen LogP contribution in [0.4, 0.5) is 11.5 Å². The fourth-order valence-corrected chi connectivity index (χ4v) is 6.27. The molecule has 5 heterocycles. The van der Waals surface area contributed by atoms with Crippen molar-refractivity contribution in [3.8, 4) is 0 Å². The highest BCUT2D eigenvalue weighted by Gasteiger charge is 2.57. The van der Waals surface area contributed by atoms with Crippen molar-refractivity contribution < 1.29 is 19.3 Å². The molecular weight excluding hydrogens is 476 g/mol. The molecule has 4 unspecified atom stereocenters. The zero-order chi connectivity index (χ0) is 26.1. The van der Waals surface area contributed by atoms with E-state index in [1.807, 2.05) is 24.3 Å². The largest absolute Gasteiger partial charge is 0.363 e. The normalized spacial score (nSPS) is 29.4. The number of carbonyl (C=O) groups is 3. The average molecular weight is 505 g/mol. The molecule has 4 aliphatic heterocycles. The van der Waals surface area contributed by atoms with Crippen LogP contribution in [0.3, 0.4) is 0 Å². The first kappa shape index (κ1) is 23.7. The van der Waals surface area contributed by atoms with Gasteiger partial charge >= 0.3 is 5.82 Å². The molecule has 4 atom stereocenters. The van der Waals surface area contributed by atoms with Crippen molar-refractivity contribution >= 4 is 29.2 Å². The summed E-state index contributed by atoms with van der Waals surface area (Å²) in [5.41, 5.74) is 1.44. The third-order valence-electron chi connectivity index (χ3n) is 8.56. The number of aromatic nitrogens is 1. The lowest BCUT2D eigenvalue weighted by Crippen LogP contribution is -2.63. The molecule has 2 N–H and O–H groups in total. The minimum absolute atomic E-state index is 0.0393. The van der Waals surface area contributed by atoms with Crippen LogP contribution in [0.1, 0.15) is 43.5 Å². The zero-order valence-corrected chi connectivity index (χ0v) is 20.6. The van der Waals surface area contributed by atoms with E-state index in [1.54, 1.807) is 31.0 Å². The molecule has 192 valence electrons. The van der Waals surface area contributed by atoms with Crippen LogP contribution in [0.5, 0.6) is 0 Å². The summed E-state index contributed by atoms with van der Waals surface area (Å²) in [5, 5.41) is 16.9. The van der Waals surface area contributed by atoms with Crippen LogP contribution in [-0.4, -0.2) is 58.2 Å². The number of nitrogens with one attached hydrogen (secondary N) is 2. The van der Waals surface area contributed by atoms with E-state index in [4.69, 9.17) is 0 Å². The van der Waals surface area contributed by atoms with Gasteiger partial charge in [-0.1, -0.05) is 18.2 Å². The molecule has 4 aliphatic rings. The maximum Gasteiger partial charge on any atom is 0.363 e. The zero-order valence-electron chi connectivity index (χ0n) is 20.6. The fraction of sp³-hybridized carbons (Fsp3) is 0.462. The minimum Gasteiger partial charge on any atom is -0.358 e. The van der Waals surface area contributed by atoms with Crippen LogP contribution in [0.2, 0.25) is 0 Å². The van der Waals surface area contributed by atoms with Gasteiger partial charge in [0.15, 0.2) is 0 Å². The van der Waals surface area contributed by atoms with Gasteiger partial charge in [-0.15, -0.1) is 0 Å². The third-order valence-corrected chi connectivity index (χ3v) is 8.56. The van der Waals surface area contributed by atoms with Gasteiger partial charge in [-0.3, -0.25) is 24.6 Å². The number of piperidine rings is 1. The summed E-state index contributed by atoms with van der Waals surface area (Å²) in [6.45, 7) is 6.00. The first-order valence-corrected chi connectivity index (χ1v) is 12.5. The molecule has 3 amide bonds. The van der Waals surface area contributed by atoms with Gasteiger partial charge in [-0.2, -0.15) is 0 Å². The van der Waals surface area contributed by atoms with E-state index in [1.165, 1.54) is 6.07 Å². The van der Waals surface area contributed by atoms with Gasteiger partial charge in [0, 0.05) is 41.9 Å². The Kier molecular flexibility index (Phi) is 5.39. The number of hydrogen-bond donors (Lipinski definition) is 2. The second kappa shape index (κ2) is 8.42. The summed E-state index contributed by atoms with van der Waals surface area (Å²) in [6.07, 6.45) is 1.59. The van der Waals surface area contributed by atoms with Crippen LogP contribution in [0.25, 0.3) is 0 Å². The minimum atomic E-state index is -0.956. The van der Waals surface area contributed by atoms with Crippen molar-refractivity contribution in [2.45, 2.75) is 38.4 Å². The summed E-state index contributed by atoms with van der Waals surface area (Å²) in [5.74, 6) is -0.438. The molecule has 0 spiro atoms. The molecular formula is C26H28N6O5. The number of amides is 3. The average Bonchev–Trinajstić information content (AvgIpc) is 3.09. The number of para-hydroxylation sites is 1. The smallest absolute Gasteiger partial charge is 0.358 e. The number of likely N-dealkylation sites (tertiary alicyclic amines) is 1. The molecule has 2 aromatic rings. The number of imide groups is 1. The summed E-state index contributed by atoms with van der Waals surface area (Å²) >= 11 is 0. The SMILES string of the molecule is CC1(C)C(=O)NC(=O)CC1N1C(=O)C(N2CC(C3CNC3)C2c2ccc([N+](=O)[O-])nc2)c2ccccc21. The number of rotatable bonds is 5. The standard InChI is InChI=1S/C26H28N6O5/c1-26(2)19(9-21(33)29-25(26)35)31-18-6-4-3-5-16(18)23(24(31)34)30-13-17(15-10-27-11-15)22(30)14-7-8-20(28-12-14)32(36)37/h3-8,12,15,17,19,22-23,27H,9-11,13H2,1-2H3,(H,29,33,35). The quantitative estimate of drug-likeness (QED) is 0.357. The van der Waals surface area contributed by atoms with E-state index in [-0.39, 0.29) is 41.9 Å². The summed E-state index contributed by atoms with van der Waals surface area (Å²) < 4.78 is 0. The number of nitro groups is 1. The van der Waals surface area contributed by atoms with Gasteiger partial charge in [0.05, 0.1) is 11.5 Å². The van der Waals surface area contributed by atoms with Gasteiger partial charge in [0.25, 0.3) is 0 Å². The Morgan fingerprint density at radius 1 is 1.11 bits per heavy atom. The molecule has 1 aromatic carbocycles. The highest BCUT2D eigenvalue weighted by Crippen LogP contribution is 2.53. The number of carbonyl (C=O) groups excluding carboxylic acids is 3. The van der Waals surface area contributed by atoms with Crippen molar-refractivity contribution in [2.24, 2.45) is 17.3 Å². The number of pyridine rings is 1. The maximum atomic E-state index is 14.2. The van der Waals surface area contributed by atoms with Crippen molar-refractivity contribution in [3.05, 3.63) is 63.8 Å². The third kappa shape index (κ3) is 3.56. The highest BCUT2D eigenvalue weighted by molar-refractivity contribution is 6.09. The highest BCUT2D eigenvalue weighted by atomic mass is 16.6. The number of benzene rings is 1. The van der Waals surface area contributed by atoms with Gasteiger partial charge in [-0.25, -0.2) is 0 Å². The van der Waals surface area contributed by atoms with E-state index in [0.717, 1.165) is 24.2 Å². The molecule has 6 rings (SSSR count). The molecule has 37 heavy (non-hydrogen) atoms. The molecule has 1 aromatic heterocycles. The van der Waals surface area contributed by atoms with E-state index in [2.05, 4.69) is 20.5 Å². The van der Waals surface area contributed by atoms with Gasteiger partial charge in [0.2, 0.25) is 17.7 Å². The Morgan fingerprint density at radius 3 is 2.51 bits per heavy atom. The summed E-state index contributed by atoms with van der Waals surface area (Å²) in [4.78, 5) is 57.8. The number of anilines is 1. The molecule has 3 fully saturated rings. The Bertz CT molecular complexity index is 1310. The van der Waals surface area contributed by atoms with Gasteiger partial charge in [-0.05, 0) is 60.8 Å². The second-order valence-electron chi connectivity index (χ2n) is 10.9. The maximum absolute atomic E-state index is 14.2. The van der Waals surface area contributed by atoms with Crippen LogP contribution < -0.4 is 15.5 Å². The Hall–Kier alpha value is -3.70. The molecule has 0 bridgehead atoms. The number of nitrogens with zero attached hydrogens (tertiary/aromatic N) is 4. The first-order valence-electron chi connectivity index (χ1n) is 12.5. The van der Waals surface area contributed by atoms with E-state index in [0.29, 0.717) is 18.2 Å². The topological polar surface area (TPSA) is 138 Å². The summed E-state index contributed by atoms with van der Waals surface area (Å²) in [6, 6.07) is 9.36. The van der Waals surface area contributed by atoms with Crippen LogP contribution in [0.15, 0.2) is 42.6 Å². The van der Waals surface area contributed by atoms with Crippen LogP contribution in [0, 0.1) is 27.4 Å². The van der Waals surface area contributed by atoms with Crippen molar-refractivity contribution in [1.29, 1.82) is 0 Å². The Labute approximate surface area is 213 Å². The molecule has 0 radical (unpaired) electrons. The molecule has 0 aliphatic carbocycles. The second-order valence-corrected chi connectivity index (χ2v) is 10.9. The lowest BCUT2D eigenvalue weighted by molar-refractivity contribution is -0.389. The van der Waals surface area contributed by atoms with Crippen LogP contribution >= 0.6 is 0 Å². The Balaban J connectivity index is 1.38. The molecule has 11 nitrogen and oxygen atoms in total. The molecule has 3 saturated heterocycles. The number of hydrogen-bond acceptors (Lipinski definition) is 8. The predicted molar refractivity (Wildman–Crippen MR) is 132 cm³/mol. The predicted octanol–water partition coefficient (Wildman–Crippen LogP) is 1.71. The van der Waals surface area contributed by atoms with Crippen molar-refractivity contribution in [2.75, 3.05) is 24.5 Å². The van der Waals surface area contributed by atoms with Gasteiger partial charge in [0.1, 0.15) is 12.2 Å². The first-order chi connectivity index (χ1) is 17.7. The van der Waals surface area contributed by atoms with Gasteiger partial charge < -0.3 is 20.3 Å². The van der Waals surface area contributed by atoms with E-state index in [9.17, 15) is 24.5 Å². The fourth-order valence-electron chi connectivity index (χ4n) is 6.27. The van der Waals surface area contributed by atoms with Crippen LogP contribution in [-0.2, 0) is 14.4 Å². The Morgan fingerprint density at radius 2 is 1.86 bits per heavy atom. The lowest BCUT2D eigenvalue weighted by Gasteiger charge is -2.55.